The second-order valence-corrected chi connectivity index (χ2v) is 9.18. The summed E-state index contributed by atoms with van der Waals surface area (Å²) in [5.41, 5.74) is 1.39. The number of nitrogens with one attached hydrogen (secondary N) is 1. The lowest BCUT2D eigenvalue weighted by atomic mass is 10.0. The van der Waals surface area contributed by atoms with Crippen molar-refractivity contribution in [2.45, 2.75) is 30.8 Å². The minimum absolute atomic E-state index is 0.0799. The Hall–Kier alpha value is -2.00. The predicted molar refractivity (Wildman–Crippen MR) is 109 cm³/mol. The number of aliphatic hydroxyl groups is 1. The molecule has 0 unspecified atom stereocenters. The van der Waals surface area contributed by atoms with E-state index in [0.717, 1.165) is 11.3 Å². The number of benzene rings is 2. The molecule has 0 spiro atoms. The molecule has 5 nitrogen and oxygen atoms in total. The average molecular weight is 441 g/mol. The second-order valence-electron chi connectivity index (χ2n) is 6.27. The van der Waals surface area contributed by atoms with Crippen LogP contribution in [0.4, 0.5) is 9.52 Å². The van der Waals surface area contributed by atoms with Crippen LogP contribution < -0.4 is 4.72 Å². The van der Waals surface area contributed by atoms with E-state index in [-0.39, 0.29) is 28.7 Å². The van der Waals surface area contributed by atoms with Crippen LogP contribution in [0.5, 0.6) is 0 Å². The second kappa shape index (κ2) is 8.57. The molecule has 0 amide bonds. The normalized spacial score (nSPS) is 12.7. The van der Waals surface area contributed by atoms with Crippen LogP contribution in [0.25, 0.3) is 0 Å². The molecule has 1 atom stereocenters. The summed E-state index contributed by atoms with van der Waals surface area (Å²) < 4.78 is 41.3. The Morgan fingerprint density at radius 1 is 1.21 bits per heavy atom. The maximum atomic E-state index is 13.7. The lowest BCUT2D eigenvalue weighted by Crippen LogP contribution is -2.16. The molecular formula is C19H18ClFN2O3S2. The summed E-state index contributed by atoms with van der Waals surface area (Å²) in [7, 11) is -3.83. The molecule has 3 aromatic rings. The van der Waals surface area contributed by atoms with Gasteiger partial charge in [0.05, 0.1) is 16.7 Å². The largest absolute Gasteiger partial charge is 0.392 e. The summed E-state index contributed by atoms with van der Waals surface area (Å²) >= 11 is 7.12. The van der Waals surface area contributed by atoms with E-state index in [2.05, 4.69) is 9.71 Å². The first-order valence-electron chi connectivity index (χ1n) is 8.40. The number of nitrogens with zero attached hydrogens (tertiary/aromatic N) is 1. The third kappa shape index (κ3) is 4.88. The molecular weight excluding hydrogens is 423 g/mol. The molecule has 0 fully saturated rings. The number of halogens is 2. The molecule has 0 aliphatic heterocycles. The third-order valence-electron chi connectivity index (χ3n) is 4.14. The van der Waals surface area contributed by atoms with Gasteiger partial charge in [-0.3, -0.25) is 4.72 Å². The van der Waals surface area contributed by atoms with Crippen LogP contribution in [0.15, 0.2) is 52.7 Å². The van der Waals surface area contributed by atoms with Crippen molar-refractivity contribution in [3.8, 4) is 0 Å². The third-order valence-corrected chi connectivity index (χ3v) is 6.97. The fraction of sp³-hybridized carbons (Fsp3) is 0.211. The van der Waals surface area contributed by atoms with Crippen LogP contribution in [-0.2, 0) is 22.9 Å². The van der Waals surface area contributed by atoms with Gasteiger partial charge in [-0.1, -0.05) is 35.9 Å². The highest BCUT2D eigenvalue weighted by Crippen LogP contribution is 2.26. The Kier molecular flexibility index (Phi) is 6.34. The standard InChI is InChI=1S/C19H18ClFN2O3S2/c1-12-16(20)6-4-8-18(12)28(25,26)23-19-22-14(11-27-19)10-15(24)9-13-5-2-3-7-17(13)21/h2-8,11,15,24H,9-10H2,1H3,(H,22,23)/t15-/m0/s1. The molecule has 0 aliphatic carbocycles. The van der Waals surface area contributed by atoms with Crippen LogP contribution in [0, 0.1) is 12.7 Å². The van der Waals surface area contributed by atoms with Gasteiger partial charge < -0.3 is 5.11 Å². The van der Waals surface area contributed by atoms with Gasteiger partial charge in [-0.15, -0.1) is 11.3 Å². The van der Waals surface area contributed by atoms with Gasteiger partial charge in [0, 0.05) is 23.2 Å². The molecule has 0 aliphatic rings. The van der Waals surface area contributed by atoms with Gasteiger partial charge >= 0.3 is 0 Å². The van der Waals surface area contributed by atoms with Gasteiger partial charge in [0.1, 0.15) is 5.82 Å². The first-order chi connectivity index (χ1) is 13.3. The summed E-state index contributed by atoms with van der Waals surface area (Å²) in [5, 5.41) is 12.4. The number of rotatable bonds is 7. The first-order valence-corrected chi connectivity index (χ1v) is 11.1. The summed E-state index contributed by atoms with van der Waals surface area (Å²) in [4.78, 5) is 4.30. The van der Waals surface area contributed by atoms with Gasteiger partial charge in [0.25, 0.3) is 10.0 Å². The van der Waals surface area contributed by atoms with E-state index in [1.54, 1.807) is 42.6 Å². The number of aliphatic hydroxyl groups excluding tert-OH is 1. The number of anilines is 1. The molecule has 1 heterocycles. The SMILES string of the molecule is Cc1c(Cl)cccc1S(=O)(=O)Nc1nc(C[C@@H](O)Cc2ccccc2F)cs1. The number of hydrogen-bond donors (Lipinski definition) is 2. The highest BCUT2D eigenvalue weighted by molar-refractivity contribution is 7.93. The van der Waals surface area contributed by atoms with Crippen LogP contribution in [0.2, 0.25) is 5.02 Å². The van der Waals surface area contributed by atoms with Crippen molar-refractivity contribution in [2.75, 3.05) is 4.72 Å². The first kappa shape index (κ1) is 20.7. The summed E-state index contributed by atoms with van der Waals surface area (Å²) in [6, 6.07) is 10.9. The molecule has 2 aromatic carbocycles. The molecule has 1 aromatic heterocycles. The van der Waals surface area contributed by atoms with Gasteiger partial charge in [-0.25, -0.2) is 17.8 Å². The molecule has 2 N–H and O–H groups in total. The lowest BCUT2D eigenvalue weighted by molar-refractivity contribution is 0.173. The fourth-order valence-electron chi connectivity index (χ4n) is 2.73. The number of thiazole rings is 1. The van der Waals surface area contributed by atoms with Crippen LogP contribution in [0.3, 0.4) is 0 Å². The van der Waals surface area contributed by atoms with Gasteiger partial charge in [0.2, 0.25) is 0 Å². The molecule has 3 rings (SSSR count). The lowest BCUT2D eigenvalue weighted by Gasteiger charge is -2.10. The minimum atomic E-state index is -3.83. The van der Waals surface area contributed by atoms with E-state index in [9.17, 15) is 17.9 Å². The number of sulfonamides is 1. The van der Waals surface area contributed by atoms with Gasteiger partial charge in [0.15, 0.2) is 5.13 Å². The Morgan fingerprint density at radius 2 is 1.96 bits per heavy atom. The van der Waals surface area contributed by atoms with Gasteiger partial charge in [-0.05, 0) is 36.2 Å². The van der Waals surface area contributed by atoms with E-state index in [4.69, 9.17) is 11.6 Å². The quantitative estimate of drug-likeness (QED) is 0.577. The van der Waals surface area contributed by atoms with Gasteiger partial charge in [-0.2, -0.15) is 0 Å². The van der Waals surface area contributed by atoms with Crippen molar-refractivity contribution in [3.63, 3.8) is 0 Å². The van der Waals surface area contributed by atoms with E-state index in [0.29, 0.717) is 21.8 Å². The molecule has 148 valence electrons. The molecule has 0 radical (unpaired) electrons. The van der Waals surface area contributed by atoms with Crippen molar-refractivity contribution in [1.29, 1.82) is 0 Å². The zero-order chi connectivity index (χ0) is 20.3. The molecule has 0 bridgehead atoms. The van der Waals surface area contributed by atoms with E-state index in [1.807, 2.05) is 0 Å². The highest BCUT2D eigenvalue weighted by atomic mass is 35.5. The summed E-state index contributed by atoms with van der Waals surface area (Å²) in [6.45, 7) is 1.63. The molecule has 0 saturated heterocycles. The minimum Gasteiger partial charge on any atom is -0.392 e. The van der Waals surface area contributed by atoms with E-state index in [1.165, 1.54) is 12.1 Å². The van der Waals surface area contributed by atoms with Crippen LogP contribution in [-0.4, -0.2) is 24.6 Å². The van der Waals surface area contributed by atoms with Crippen molar-refractivity contribution in [2.24, 2.45) is 0 Å². The van der Waals surface area contributed by atoms with E-state index < -0.39 is 16.1 Å². The van der Waals surface area contributed by atoms with Crippen molar-refractivity contribution < 1.29 is 17.9 Å². The van der Waals surface area contributed by atoms with Crippen molar-refractivity contribution >= 4 is 38.1 Å². The fourth-order valence-corrected chi connectivity index (χ4v) is 5.20. The average Bonchev–Trinajstić information content (AvgIpc) is 3.05. The zero-order valence-corrected chi connectivity index (χ0v) is 17.3. The van der Waals surface area contributed by atoms with Crippen LogP contribution >= 0.6 is 22.9 Å². The number of aromatic nitrogens is 1. The van der Waals surface area contributed by atoms with E-state index >= 15 is 0 Å². The Balaban J connectivity index is 1.68. The Bertz CT molecular complexity index is 1090. The maximum absolute atomic E-state index is 13.7. The highest BCUT2D eigenvalue weighted by Gasteiger charge is 2.20. The van der Waals surface area contributed by atoms with Crippen molar-refractivity contribution in [1.82, 2.24) is 4.98 Å². The Morgan fingerprint density at radius 3 is 2.71 bits per heavy atom. The monoisotopic (exact) mass is 440 g/mol. The number of hydrogen-bond acceptors (Lipinski definition) is 5. The Labute approximate surface area is 171 Å². The molecule has 28 heavy (non-hydrogen) atoms. The smallest absolute Gasteiger partial charge is 0.263 e. The molecule has 9 heteroatoms. The van der Waals surface area contributed by atoms with Crippen LogP contribution in [0.1, 0.15) is 16.8 Å². The summed E-state index contributed by atoms with van der Waals surface area (Å²) in [6.07, 6.45) is -0.506. The zero-order valence-electron chi connectivity index (χ0n) is 14.9. The maximum Gasteiger partial charge on any atom is 0.263 e. The topological polar surface area (TPSA) is 79.3 Å². The van der Waals surface area contributed by atoms with Crippen molar-refractivity contribution in [3.05, 3.63) is 75.5 Å². The summed E-state index contributed by atoms with van der Waals surface area (Å²) in [5.74, 6) is -0.370. The molecule has 0 saturated carbocycles. The predicted octanol–water partition coefficient (Wildman–Crippen LogP) is 4.19.